The van der Waals surface area contributed by atoms with E-state index in [9.17, 15) is 4.79 Å². The molecule has 0 saturated carbocycles. The summed E-state index contributed by atoms with van der Waals surface area (Å²) in [6.07, 6.45) is 0. The molecule has 9 heavy (non-hydrogen) atoms. The van der Waals surface area contributed by atoms with Crippen molar-refractivity contribution in [1.82, 2.24) is 10.2 Å². The lowest BCUT2D eigenvalue weighted by atomic mass is 10.4. The highest BCUT2D eigenvalue weighted by molar-refractivity contribution is 5.80. The van der Waals surface area contributed by atoms with Gasteiger partial charge in [-0.15, -0.1) is 0 Å². The molecular formula is C6H10N2O. The van der Waals surface area contributed by atoms with Crippen LogP contribution in [-0.2, 0) is 4.79 Å². The molecule has 1 N–H and O–H groups in total. The minimum Gasteiger partial charge on any atom is -0.340 e. The van der Waals surface area contributed by atoms with Gasteiger partial charge >= 0.3 is 0 Å². The predicted octanol–water partition coefficient (Wildman–Crippen LogP) is -0.871. The molecule has 1 heterocycles. The second-order valence-electron chi connectivity index (χ2n) is 2.08. The summed E-state index contributed by atoms with van der Waals surface area (Å²) in [6, 6.07) is 0. The van der Waals surface area contributed by atoms with Crippen LogP contribution in [-0.4, -0.2) is 37.0 Å². The van der Waals surface area contributed by atoms with Gasteiger partial charge in [0.25, 0.3) is 0 Å². The quantitative estimate of drug-likeness (QED) is 0.457. The maximum absolute atomic E-state index is 10.5. The van der Waals surface area contributed by atoms with Gasteiger partial charge in [-0.2, -0.15) is 0 Å². The van der Waals surface area contributed by atoms with Crippen molar-refractivity contribution >= 4 is 5.91 Å². The lowest BCUT2D eigenvalue weighted by molar-refractivity contribution is -0.126. The van der Waals surface area contributed by atoms with Crippen molar-refractivity contribution in [3.05, 3.63) is 6.92 Å². The van der Waals surface area contributed by atoms with Crippen molar-refractivity contribution in [2.45, 2.75) is 0 Å². The van der Waals surface area contributed by atoms with Crippen LogP contribution in [0.4, 0.5) is 0 Å². The Bertz CT molecular complexity index is 108. The molecule has 0 aromatic heterocycles. The number of carbonyl (C=O) groups excluding carboxylic acids is 1. The zero-order valence-corrected chi connectivity index (χ0v) is 5.26. The fourth-order valence-electron chi connectivity index (χ4n) is 0.885. The zero-order valence-electron chi connectivity index (χ0n) is 5.26. The van der Waals surface area contributed by atoms with Crippen LogP contribution >= 0.6 is 0 Å². The summed E-state index contributed by atoms with van der Waals surface area (Å²) in [5, 5.41) is 3.12. The normalized spacial score (nSPS) is 19.9. The fraction of sp³-hybridized carbons (Fsp3) is 0.667. The van der Waals surface area contributed by atoms with Crippen molar-refractivity contribution in [3.63, 3.8) is 0 Å². The minimum absolute atomic E-state index is 0.309. The van der Waals surface area contributed by atoms with Crippen LogP contribution < -0.4 is 5.32 Å². The van der Waals surface area contributed by atoms with Gasteiger partial charge < -0.3 is 10.2 Å². The minimum atomic E-state index is -0.309. The zero-order chi connectivity index (χ0) is 6.69. The van der Waals surface area contributed by atoms with Gasteiger partial charge in [-0.25, -0.2) is 0 Å². The molecule has 50 valence electrons. The van der Waals surface area contributed by atoms with E-state index in [1.807, 2.05) is 0 Å². The first-order valence-electron chi connectivity index (χ1n) is 3.06. The van der Waals surface area contributed by atoms with E-state index < -0.39 is 0 Å². The molecule has 3 heteroatoms. The van der Waals surface area contributed by atoms with E-state index >= 15 is 0 Å². The third-order valence-corrected chi connectivity index (χ3v) is 1.43. The molecule has 1 aliphatic heterocycles. The molecule has 0 atom stereocenters. The van der Waals surface area contributed by atoms with Crippen LogP contribution in [0.2, 0.25) is 0 Å². The molecule has 0 aromatic rings. The number of carbonyl (C=O) groups is 1. The Kier molecular flexibility index (Phi) is 2.05. The first-order valence-corrected chi connectivity index (χ1v) is 3.06. The topological polar surface area (TPSA) is 32.3 Å². The third kappa shape index (κ3) is 1.68. The fourth-order valence-corrected chi connectivity index (χ4v) is 0.885. The highest BCUT2D eigenvalue weighted by atomic mass is 16.2. The predicted molar refractivity (Wildman–Crippen MR) is 33.7 cm³/mol. The molecule has 3 nitrogen and oxygen atoms in total. The van der Waals surface area contributed by atoms with Crippen LogP contribution in [0, 0.1) is 6.92 Å². The van der Waals surface area contributed by atoms with Gasteiger partial charge in [0.2, 0.25) is 5.91 Å². The van der Waals surface area contributed by atoms with E-state index in [1.165, 1.54) is 0 Å². The van der Waals surface area contributed by atoms with Crippen LogP contribution in [0.5, 0.6) is 0 Å². The summed E-state index contributed by atoms with van der Waals surface area (Å²) in [5.41, 5.74) is 0. The van der Waals surface area contributed by atoms with Gasteiger partial charge in [0.15, 0.2) is 0 Å². The number of hydrogen-bond donors (Lipinski definition) is 1. The number of nitrogens with one attached hydrogen (secondary N) is 1. The first-order chi connectivity index (χ1) is 4.30. The molecule has 0 bridgehead atoms. The molecule has 1 fully saturated rings. The van der Waals surface area contributed by atoms with Gasteiger partial charge in [0.05, 0.1) is 6.92 Å². The van der Waals surface area contributed by atoms with Crippen molar-refractivity contribution in [2.75, 3.05) is 26.2 Å². The third-order valence-electron chi connectivity index (χ3n) is 1.43. The Morgan fingerprint density at radius 1 is 1.44 bits per heavy atom. The molecule has 1 rings (SSSR count). The molecule has 0 aromatic carbocycles. The largest absolute Gasteiger partial charge is 0.340 e. The maximum Gasteiger partial charge on any atom is 0.227 e. The Balaban J connectivity index is 2.31. The van der Waals surface area contributed by atoms with Crippen molar-refractivity contribution in [1.29, 1.82) is 0 Å². The summed E-state index contributed by atoms with van der Waals surface area (Å²) in [6.45, 7) is 8.25. The molecule has 0 aliphatic carbocycles. The lowest BCUT2D eigenvalue weighted by Gasteiger charge is -2.25. The van der Waals surface area contributed by atoms with Gasteiger partial charge in [-0.1, -0.05) is 0 Å². The van der Waals surface area contributed by atoms with Gasteiger partial charge in [0.1, 0.15) is 0 Å². The summed E-state index contributed by atoms with van der Waals surface area (Å²) in [5.74, 6) is -0.309. The second-order valence-corrected chi connectivity index (χ2v) is 2.08. The molecule has 1 aliphatic rings. The van der Waals surface area contributed by atoms with Gasteiger partial charge in [0, 0.05) is 26.2 Å². The Morgan fingerprint density at radius 3 is 2.33 bits per heavy atom. The number of piperazine rings is 1. The van der Waals surface area contributed by atoms with Crippen molar-refractivity contribution < 1.29 is 4.79 Å². The molecule has 0 unspecified atom stereocenters. The van der Waals surface area contributed by atoms with Crippen LogP contribution in [0.3, 0.4) is 0 Å². The van der Waals surface area contributed by atoms with E-state index in [0.717, 1.165) is 26.2 Å². The van der Waals surface area contributed by atoms with Gasteiger partial charge in [-0.05, 0) is 0 Å². The number of hydrogen-bond acceptors (Lipinski definition) is 2. The van der Waals surface area contributed by atoms with E-state index in [1.54, 1.807) is 4.90 Å². The molecule has 0 spiro atoms. The van der Waals surface area contributed by atoms with Crippen LogP contribution in [0.1, 0.15) is 0 Å². The maximum atomic E-state index is 10.5. The number of amides is 1. The summed E-state index contributed by atoms with van der Waals surface area (Å²) >= 11 is 0. The number of nitrogens with zero attached hydrogens (tertiary/aromatic N) is 1. The van der Waals surface area contributed by atoms with E-state index in [2.05, 4.69) is 5.32 Å². The first kappa shape index (κ1) is 6.55. The average molecular weight is 126 g/mol. The van der Waals surface area contributed by atoms with Crippen LogP contribution in [0.15, 0.2) is 0 Å². The second kappa shape index (κ2) is 2.82. The van der Waals surface area contributed by atoms with E-state index in [-0.39, 0.29) is 5.91 Å². The summed E-state index contributed by atoms with van der Waals surface area (Å²) in [7, 11) is 0. The lowest BCUT2D eigenvalue weighted by Crippen LogP contribution is -2.45. The molecular weight excluding hydrogens is 116 g/mol. The SMILES string of the molecule is [CH]C(=O)N1CCNCC1. The smallest absolute Gasteiger partial charge is 0.227 e. The number of rotatable bonds is 0. The standard InChI is InChI=1S/C6H10N2O/c1-6(9)8-4-2-7-3-5-8/h1,7H,2-5H2. The van der Waals surface area contributed by atoms with Crippen molar-refractivity contribution in [3.8, 4) is 0 Å². The molecule has 1 saturated heterocycles. The Morgan fingerprint density at radius 2 is 2.00 bits per heavy atom. The monoisotopic (exact) mass is 126 g/mol. The molecule has 2 radical (unpaired) electrons. The van der Waals surface area contributed by atoms with Crippen LogP contribution in [0.25, 0.3) is 0 Å². The highest BCUT2D eigenvalue weighted by Gasteiger charge is 2.10. The van der Waals surface area contributed by atoms with Gasteiger partial charge in [-0.3, -0.25) is 4.79 Å². The average Bonchev–Trinajstić information content (AvgIpc) is 1.90. The summed E-state index contributed by atoms with van der Waals surface area (Å²) < 4.78 is 0. The molecule has 1 amide bonds. The Hall–Kier alpha value is -0.570. The van der Waals surface area contributed by atoms with E-state index in [4.69, 9.17) is 6.92 Å². The van der Waals surface area contributed by atoms with E-state index in [0.29, 0.717) is 0 Å². The van der Waals surface area contributed by atoms with Crippen molar-refractivity contribution in [2.24, 2.45) is 0 Å². The summed E-state index contributed by atoms with van der Waals surface area (Å²) in [4.78, 5) is 12.1. The highest BCUT2D eigenvalue weighted by Crippen LogP contribution is 1.90. The Labute approximate surface area is 55.0 Å².